The Hall–Kier alpha value is -0.530. The van der Waals surface area contributed by atoms with Gasteiger partial charge in [0, 0.05) is 12.4 Å². The van der Waals surface area contributed by atoms with E-state index in [0.29, 0.717) is 0 Å². The van der Waals surface area contributed by atoms with Gasteiger partial charge in [-0.05, 0) is 45.8 Å². The van der Waals surface area contributed by atoms with Crippen molar-refractivity contribution in [1.82, 2.24) is 4.90 Å². The van der Waals surface area contributed by atoms with Gasteiger partial charge in [0.05, 0.1) is 0 Å². The van der Waals surface area contributed by atoms with Gasteiger partial charge in [-0.15, -0.1) is 11.6 Å². The molecule has 17 heavy (non-hydrogen) atoms. The van der Waals surface area contributed by atoms with Gasteiger partial charge in [0.25, 0.3) is 0 Å². The molecule has 1 aromatic rings. The number of nitrogens with zero attached hydrogens (tertiary/aromatic N) is 1. The number of hydrogen-bond donors (Lipinski definition) is 0. The lowest BCUT2D eigenvalue weighted by Gasteiger charge is -2.17. The summed E-state index contributed by atoms with van der Waals surface area (Å²) in [6.45, 7) is 6.53. The largest absolute Gasteiger partial charge is 0.302 e. The molecular formula is C15H24ClN. The molecule has 0 aliphatic rings. The highest BCUT2D eigenvalue weighted by molar-refractivity contribution is 6.17. The summed E-state index contributed by atoms with van der Waals surface area (Å²) in [7, 11) is 2.19. The van der Waals surface area contributed by atoms with Crippen LogP contribution in [0.5, 0.6) is 0 Å². The minimum atomic E-state index is 0.792. The first-order valence-electron chi connectivity index (χ1n) is 6.43. The van der Waals surface area contributed by atoms with Gasteiger partial charge < -0.3 is 4.90 Å². The zero-order valence-electron chi connectivity index (χ0n) is 11.3. The minimum absolute atomic E-state index is 0.792. The molecule has 0 amide bonds. The van der Waals surface area contributed by atoms with E-state index in [2.05, 4.69) is 44.0 Å². The second kappa shape index (κ2) is 7.73. The zero-order chi connectivity index (χ0) is 12.7. The standard InChI is InChI=1S/C15H24ClN/c1-13-9-14(2)11-15(10-13)12-17(3)8-6-4-5-7-16/h9-11H,4-8,12H2,1-3H3. The Balaban J connectivity index is 2.36. The first-order valence-corrected chi connectivity index (χ1v) is 6.97. The van der Waals surface area contributed by atoms with Crippen LogP contribution in [0.4, 0.5) is 0 Å². The maximum atomic E-state index is 5.67. The number of aryl methyl sites for hydroxylation is 2. The predicted molar refractivity (Wildman–Crippen MR) is 76.8 cm³/mol. The minimum Gasteiger partial charge on any atom is -0.302 e. The fourth-order valence-corrected chi connectivity index (χ4v) is 2.39. The van der Waals surface area contributed by atoms with Crippen molar-refractivity contribution in [3.8, 4) is 0 Å². The second-order valence-corrected chi connectivity index (χ2v) is 5.36. The third-order valence-electron chi connectivity index (χ3n) is 2.91. The summed E-state index contributed by atoms with van der Waals surface area (Å²) in [6.07, 6.45) is 3.62. The topological polar surface area (TPSA) is 3.24 Å². The predicted octanol–water partition coefficient (Wildman–Crippen LogP) is 4.14. The summed E-state index contributed by atoms with van der Waals surface area (Å²) >= 11 is 5.67. The van der Waals surface area contributed by atoms with Crippen molar-refractivity contribution in [2.24, 2.45) is 0 Å². The molecule has 1 aromatic carbocycles. The molecule has 0 heterocycles. The molecule has 0 saturated heterocycles. The number of alkyl halides is 1. The quantitative estimate of drug-likeness (QED) is 0.521. The van der Waals surface area contributed by atoms with Crippen LogP contribution in [-0.2, 0) is 6.54 Å². The fourth-order valence-electron chi connectivity index (χ4n) is 2.20. The van der Waals surface area contributed by atoms with Gasteiger partial charge in [0.2, 0.25) is 0 Å². The Morgan fingerprint density at radius 2 is 1.65 bits per heavy atom. The van der Waals surface area contributed by atoms with Crippen LogP contribution >= 0.6 is 11.6 Å². The zero-order valence-corrected chi connectivity index (χ0v) is 12.1. The normalized spacial score (nSPS) is 11.1. The third-order valence-corrected chi connectivity index (χ3v) is 3.17. The summed E-state index contributed by atoms with van der Waals surface area (Å²) in [5.74, 6) is 0.792. The molecule has 1 rings (SSSR count). The Morgan fingerprint density at radius 1 is 1.00 bits per heavy atom. The summed E-state index contributed by atoms with van der Waals surface area (Å²) in [5.41, 5.74) is 4.13. The first-order chi connectivity index (χ1) is 8.11. The van der Waals surface area contributed by atoms with E-state index in [1.54, 1.807) is 0 Å². The number of unbranched alkanes of at least 4 members (excludes halogenated alkanes) is 2. The first kappa shape index (κ1) is 14.5. The molecule has 0 N–H and O–H groups in total. The molecule has 0 aliphatic heterocycles. The number of rotatable bonds is 7. The number of benzene rings is 1. The molecule has 0 aromatic heterocycles. The Bertz CT molecular complexity index is 315. The Labute approximate surface area is 111 Å². The van der Waals surface area contributed by atoms with Gasteiger partial charge in [0.15, 0.2) is 0 Å². The van der Waals surface area contributed by atoms with Crippen molar-refractivity contribution in [2.45, 2.75) is 39.7 Å². The van der Waals surface area contributed by atoms with Crippen LogP contribution in [0, 0.1) is 13.8 Å². The molecule has 0 unspecified atom stereocenters. The van der Waals surface area contributed by atoms with Crippen LogP contribution in [-0.4, -0.2) is 24.4 Å². The van der Waals surface area contributed by atoms with E-state index >= 15 is 0 Å². The fraction of sp³-hybridized carbons (Fsp3) is 0.600. The van der Waals surface area contributed by atoms with E-state index in [-0.39, 0.29) is 0 Å². The van der Waals surface area contributed by atoms with Gasteiger partial charge in [-0.25, -0.2) is 0 Å². The van der Waals surface area contributed by atoms with E-state index < -0.39 is 0 Å². The second-order valence-electron chi connectivity index (χ2n) is 4.98. The van der Waals surface area contributed by atoms with Crippen LogP contribution in [0.25, 0.3) is 0 Å². The van der Waals surface area contributed by atoms with Crippen molar-refractivity contribution in [3.63, 3.8) is 0 Å². The van der Waals surface area contributed by atoms with Gasteiger partial charge >= 0.3 is 0 Å². The molecule has 0 bridgehead atoms. The van der Waals surface area contributed by atoms with E-state index in [0.717, 1.165) is 25.4 Å². The van der Waals surface area contributed by atoms with E-state index in [9.17, 15) is 0 Å². The molecule has 0 atom stereocenters. The van der Waals surface area contributed by atoms with Crippen molar-refractivity contribution >= 4 is 11.6 Å². The average Bonchev–Trinajstić information content (AvgIpc) is 2.23. The lowest BCUT2D eigenvalue weighted by atomic mass is 10.1. The highest BCUT2D eigenvalue weighted by atomic mass is 35.5. The van der Waals surface area contributed by atoms with Crippen LogP contribution in [0.3, 0.4) is 0 Å². The Morgan fingerprint density at radius 3 is 2.24 bits per heavy atom. The van der Waals surface area contributed by atoms with Crippen LogP contribution in [0.2, 0.25) is 0 Å². The molecule has 0 fully saturated rings. The van der Waals surface area contributed by atoms with E-state index in [4.69, 9.17) is 11.6 Å². The molecule has 0 aliphatic carbocycles. The average molecular weight is 254 g/mol. The lowest BCUT2D eigenvalue weighted by molar-refractivity contribution is 0.318. The molecule has 0 spiro atoms. The van der Waals surface area contributed by atoms with Crippen LogP contribution in [0.1, 0.15) is 36.0 Å². The molecular weight excluding hydrogens is 230 g/mol. The highest BCUT2D eigenvalue weighted by Crippen LogP contribution is 2.11. The number of hydrogen-bond acceptors (Lipinski definition) is 1. The van der Waals surface area contributed by atoms with Crippen LogP contribution in [0.15, 0.2) is 18.2 Å². The molecule has 2 heteroatoms. The van der Waals surface area contributed by atoms with Crippen molar-refractivity contribution in [1.29, 1.82) is 0 Å². The van der Waals surface area contributed by atoms with Crippen LogP contribution < -0.4 is 0 Å². The summed E-state index contributed by atoms with van der Waals surface area (Å²) in [6, 6.07) is 6.79. The summed E-state index contributed by atoms with van der Waals surface area (Å²) in [4.78, 5) is 2.39. The Kier molecular flexibility index (Phi) is 6.61. The highest BCUT2D eigenvalue weighted by Gasteiger charge is 2.01. The van der Waals surface area contributed by atoms with E-state index in [1.165, 1.54) is 29.5 Å². The van der Waals surface area contributed by atoms with Gasteiger partial charge in [-0.3, -0.25) is 0 Å². The van der Waals surface area contributed by atoms with Gasteiger partial charge in [0.1, 0.15) is 0 Å². The smallest absolute Gasteiger partial charge is 0.0230 e. The third kappa shape index (κ3) is 6.09. The lowest BCUT2D eigenvalue weighted by Crippen LogP contribution is -2.19. The van der Waals surface area contributed by atoms with Crippen molar-refractivity contribution < 1.29 is 0 Å². The monoisotopic (exact) mass is 253 g/mol. The SMILES string of the molecule is Cc1cc(C)cc(CN(C)CCCCCCl)c1. The van der Waals surface area contributed by atoms with Gasteiger partial charge in [-0.2, -0.15) is 0 Å². The van der Waals surface area contributed by atoms with Gasteiger partial charge in [-0.1, -0.05) is 35.7 Å². The van der Waals surface area contributed by atoms with Crippen molar-refractivity contribution in [2.75, 3.05) is 19.5 Å². The maximum Gasteiger partial charge on any atom is 0.0230 e. The maximum absolute atomic E-state index is 5.67. The molecule has 96 valence electrons. The molecule has 0 saturated carbocycles. The molecule has 1 nitrogen and oxygen atoms in total. The summed E-state index contributed by atoms with van der Waals surface area (Å²) in [5, 5.41) is 0. The molecule has 0 radical (unpaired) electrons. The number of halogens is 1. The van der Waals surface area contributed by atoms with Crippen molar-refractivity contribution in [3.05, 3.63) is 34.9 Å². The van der Waals surface area contributed by atoms with E-state index in [1.807, 2.05) is 0 Å². The summed E-state index contributed by atoms with van der Waals surface area (Å²) < 4.78 is 0.